The van der Waals surface area contributed by atoms with Crippen LogP contribution in [0.1, 0.15) is 68.6 Å². The molecule has 386 valence electrons. The third-order valence-corrected chi connectivity index (χ3v) is 12.3. The number of hydrogen-bond donors (Lipinski definition) is 12. The fourth-order valence-electron chi connectivity index (χ4n) is 8.54. The van der Waals surface area contributed by atoms with Crippen LogP contribution in [-0.2, 0) is 62.4 Å². The Hall–Kier alpha value is -7.88. The summed E-state index contributed by atoms with van der Waals surface area (Å²) in [5, 5.41) is 39.0. The van der Waals surface area contributed by atoms with Crippen LogP contribution in [0.2, 0.25) is 0 Å². The number of nitrogens with one attached hydrogen (secondary N) is 9. The molecule has 0 radical (unpaired) electrons. The van der Waals surface area contributed by atoms with E-state index in [2.05, 4.69) is 42.5 Å². The second kappa shape index (κ2) is 27.5. The van der Waals surface area contributed by atoms with Crippen molar-refractivity contribution in [1.82, 2.24) is 47.4 Å². The minimum absolute atomic E-state index is 0.00883. The van der Waals surface area contributed by atoms with Crippen molar-refractivity contribution in [2.75, 3.05) is 19.6 Å². The number of amides is 8. The molecule has 8 amide bonds. The summed E-state index contributed by atoms with van der Waals surface area (Å²) in [6, 6.07) is 16.4. The number of guanidine groups is 1. The Bertz CT molecular complexity index is 2370. The lowest BCUT2D eigenvalue weighted by Crippen LogP contribution is -2.61. The Morgan fingerprint density at radius 1 is 0.639 bits per heavy atom. The zero-order valence-corrected chi connectivity index (χ0v) is 40.2. The molecule has 22 heteroatoms. The third-order valence-electron chi connectivity index (χ3n) is 12.3. The summed E-state index contributed by atoms with van der Waals surface area (Å²) in [4.78, 5) is 123. The molecule has 2 aliphatic heterocycles. The maximum absolute atomic E-state index is 14.5. The molecule has 2 aliphatic rings. The summed E-state index contributed by atoms with van der Waals surface area (Å²) in [6.45, 7) is 2.36. The smallest absolute Gasteiger partial charge is 0.326 e. The number of carbonyl (C=O) groups excluding carboxylic acids is 8. The molecule has 0 bridgehead atoms. The molecule has 2 saturated heterocycles. The van der Waals surface area contributed by atoms with Gasteiger partial charge in [0.15, 0.2) is 5.96 Å². The molecule has 3 aromatic rings. The van der Waals surface area contributed by atoms with E-state index < -0.39 is 108 Å². The number of hydrogen-bond acceptors (Lipinski definition) is 11. The summed E-state index contributed by atoms with van der Waals surface area (Å²) in [6.07, 6.45) is 1.59. The first-order valence-corrected chi connectivity index (χ1v) is 24.1. The zero-order valence-electron chi connectivity index (χ0n) is 40.2. The first-order chi connectivity index (χ1) is 34.5. The number of benzene rings is 3. The Labute approximate surface area is 417 Å². The Morgan fingerprint density at radius 2 is 1.12 bits per heavy atom. The van der Waals surface area contributed by atoms with Gasteiger partial charge in [-0.25, -0.2) is 4.79 Å². The quantitative estimate of drug-likeness (QED) is 0.0251. The van der Waals surface area contributed by atoms with Crippen molar-refractivity contribution < 1.29 is 48.3 Å². The second-order valence-electron chi connectivity index (χ2n) is 17.9. The fourth-order valence-corrected chi connectivity index (χ4v) is 8.54. The molecule has 0 aromatic heterocycles. The molecule has 2 heterocycles. The van der Waals surface area contributed by atoms with Gasteiger partial charge in [-0.2, -0.15) is 0 Å². The summed E-state index contributed by atoms with van der Waals surface area (Å²) < 4.78 is 0. The zero-order chi connectivity index (χ0) is 52.2. The fraction of sp³-hybridized carbons (Fsp3) is 0.440. The molecule has 22 nitrogen and oxygen atoms in total. The summed E-state index contributed by atoms with van der Waals surface area (Å²) in [5.41, 5.74) is 12.9. The highest BCUT2D eigenvalue weighted by Crippen LogP contribution is 2.20. The minimum atomic E-state index is -1.67. The average Bonchev–Trinajstić information content (AvgIpc) is 4.09. The van der Waals surface area contributed by atoms with Gasteiger partial charge in [0, 0.05) is 32.4 Å². The van der Waals surface area contributed by atoms with E-state index in [4.69, 9.17) is 16.9 Å². The van der Waals surface area contributed by atoms with Crippen LogP contribution < -0.4 is 54.0 Å². The highest BCUT2D eigenvalue weighted by molar-refractivity contribution is 5.99. The van der Waals surface area contributed by atoms with Crippen LogP contribution in [0, 0.1) is 5.41 Å². The number of nitrogens with zero attached hydrogens (tertiary/aromatic N) is 1. The van der Waals surface area contributed by atoms with Gasteiger partial charge in [-0.1, -0.05) is 91.0 Å². The number of carboxylic acid groups (broad SMARTS) is 1. The predicted molar refractivity (Wildman–Crippen MR) is 264 cm³/mol. The van der Waals surface area contributed by atoms with Crippen molar-refractivity contribution in [3.63, 3.8) is 0 Å². The average molecular weight is 995 g/mol. The van der Waals surface area contributed by atoms with Crippen LogP contribution in [0.4, 0.5) is 0 Å². The lowest BCUT2D eigenvalue weighted by atomic mass is 10.0. The molecule has 3 aromatic carbocycles. The first kappa shape index (κ1) is 55.1. The molecule has 5 rings (SSSR count). The van der Waals surface area contributed by atoms with Crippen molar-refractivity contribution >= 4 is 59.2 Å². The van der Waals surface area contributed by atoms with Gasteiger partial charge < -0.3 is 64.0 Å². The van der Waals surface area contributed by atoms with Crippen molar-refractivity contribution in [2.24, 2.45) is 11.5 Å². The number of aliphatic carboxylic acids is 1. The van der Waals surface area contributed by atoms with Gasteiger partial charge in [0.25, 0.3) is 0 Å². The van der Waals surface area contributed by atoms with Crippen LogP contribution in [0.3, 0.4) is 0 Å². The highest BCUT2D eigenvalue weighted by Gasteiger charge is 2.39. The van der Waals surface area contributed by atoms with E-state index in [0.29, 0.717) is 42.5 Å². The van der Waals surface area contributed by atoms with E-state index in [1.54, 1.807) is 91.0 Å². The molecule has 14 N–H and O–H groups in total. The molecule has 2 fully saturated rings. The molecule has 72 heavy (non-hydrogen) atoms. The van der Waals surface area contributed by atoms with Crippen LogP contribution in [0.5, 0.6) is 0 Å². The SMILES string of the molecule is C[C@H](NC(=O)[C@H](CC(N)=O)NC(=O)[C@H](Cc1ccccc1)NC(=O)[C@@H](Cc1ccccc1)NC(=O)[C@H](CCCNC(=N)N)NC(=O)[C@@H]1CCCN1)C(=O)N[C@@H](Cc1ccccc1)C(=O)N1CCC[C@@H]1C(=O)O. The number of rotatable bonds is 26. The molecule has 8 atom stereocenters. The van der Waals surface area contributed by atoms with Gasteiger partial charge in [-0.3, -0.25) is 43.8 Å². The van der Waals surface area contributed by atoms with Crippen LogP contribution >= 0.6 is 0 Å². The van der Waals surface area contributed by atoms with Crippen molar-refractivity contribution in [2.45, 2.75) is 119 Å². The maximum Gasteiger partial charge on any atom is 0.326 e. The minimum Gasteiger partial charge on any atom is -0.480 e. The molecule has 0 aliphatic carbocycles. The number of carboxylic acids is 1. The number of nitrogens with two attached hydrogens (primary N) is 2. The number of carbonyl (C=O) groups is 9. The van der Waals surface area contributed by atoms with Gasteiger partial charge in [0.1, 0.15) is 42.3 Å². The molecule has 0 unspecified atom stereocenters. The normalized spacial score (nSPS) is 17.6. The van der Waals surface area contributed by atoms with Gasteiger partial charge >= 0.3 is 5.97 Å². The van der Waals surface area contributed by atoms with Crippen molar-refractivity contribution in [3.05, 3.63) is 108 Å². The standard InChI is InChI=1S/C50H66N12O10/c1-30(42(64)61-39(28-33-18-9-4-10-19-33)48(70)62-25-13-22-40(62)49(71)72)56-45(67)38(29-41(51)63)60-47(69)37(27-32-16-7-3-8-17-32)59-46(68)36(26-31-14-5-2-6-15-31)58-44(66)35(21-12-24-55-50(52)53)57-43(65)34-20-11-23-54-34/h2-10,14-19,30,34-40,54H,11-13,20-29H2,1H3,(H2,51,63)(H,56,67)(H,57,65)(H,58,66)(H,59,68)(H,60,69)(H,61,64)(H,71,72)(H4,52,53,55)/t30-,34-,35-,36+,37-,38-,39-,40+/m0/s1. The Kier molecular flexibility index (Phi) is 21.0. The van der Waals surface area contributed by atoms with E-state index >= 15 is 0 Å². The summed E-state index contributed by atoms with van der Waals surface area (Å²) >= 11 is 0. The molecule has 0 spiro atoms. The summed E-state index contributed by atoms with van der Waals surface area (Å²) in [7, 11) is 0. The van der Waals surface area contributed by atoms with E-state index in [1.807, 2.05) is 0 Å². The van der Waals surface area contributed by atoms with E-state index in [9.17, 15) is 48.3 Å². The molecular formula is C50H66N12O10. The monoisotopic (exact) mass is 995 g/mol. The summed E-state index contributed by atoms with van der Waals surface area (Å²) in [5.74, 6) is -7.66. The lowest BCUT2D eigenvalue weighted by molar-refractivity contribution is -0.149. The van der Waals surface area contributed by atoms with Gasteiger partial charge in [0.05, 0.1) is 12.5 Å². The highest BCUT2D eigenvalue weighted by atomic mass is 16.4. The molecule has 0 saturated carbocycles. The van der Waals surface area contributed by atoms with E-state index in [0.717, 1.165) is 6.42 Å². The third kappa shape index (κ3) is 17.2. The van der Waals surface area contributed by atoms with Crippen molar-refractivity contribution in [3.8, 4) is 0 Å². The lowest BCUT2D eigenvalue weighted by Gasteiger charge is -2.29. The van der Waals surface area contributed by atoms with Crippen LogP contribution in [0.25, 0.3) is 0 Å². The Morgan fingerprint density at radius 3 is 1.61 bits per heavy atom. The second-order valence-corrected chi connectivity index (χ2v) is 17.9. The number of primary amides is 1. The predicted octanol–water partition coefficient (Wildman–Crippen LogP) is -1.39. The van der Waals surface area contributed by atoms with Crippen molar-refractivity contribution in [1.29, 1.82) is 5.41 Å². The topological polar surface area (TPSA) is 349 Å². The first-order valence-electron chi connectivity index (χ1n) is 24.1. The van der Waals surface area contributed by atoms with Gasteiger partial charge in [-0.05, 0) is 68.7 Å². The largest absolute Gasteiger partial charge is 0.480 e. The van der Waals surface area contributed by atoms with Crippen LogP contribution in [-0.4, -0.2) is 137 Å². The Balaban J connectivity index is 1.34. The van der Waals surface area contributed by atoms with E-state index in [-0.39, 0.29) is 51.2 Å². The van der Waals surface area contributed by atoms with Gasteiger partial charge in [-0.15, -0.1) is 0 Å². The van der Waals surface area contributed by atoms with Gasteiger partial charge in [0.2, 0.25) is 47.3 Å². The molecular weight excluding hydrogens is 929 g/mol. The number of likely N-dealkylation sites (tertiary alicyclic amines) is 1. The maximum atomic E-state index is 14.5. The van der Waals surface area contributed by atoms with E-state index in [1.165, 1.54) is 11.8 Å². The van der Waals surface area contributed by atoms with Crippen LogP contribution in [0.15, 0.2) is 91.0 Å².